The maximum atomic E-state index is 11.1. The SMILES string of the molecule is CC(C)CC(=O)NC(C)P(=O)(O)O. The minimum atomic E-state index is -4.19. The lowest BCUT2D eigenvalue weighted by molar-refractivity contribution is -0.122. The average molecular weight is 209 g/mol. The second-order valence-electron chi connectivity index (χ2n) is 3.43. The van der Waals surface area contributed by atoms with Crippen LogP contribution in [0, 0.1) is 5.92 Å². The van der Waals surface area contributed by atoms with Crippen LogP contribution in [0.5, 0.6) is 0 Å². The van der Waals surface area contributed by atoms with Crippen LogP contribution in [0.1, 0.15) is 27.2 Å². The Bertz CT molecular complexity index is 223. The molecule has 5 nitrogen and oxygen atoms in total. The molecule has 0 saturated carbocycles. The van der Waals surface area contributed by atoms with Crippen LogP contribution in [0.2, 0.25) is 0 Å². The smallest absolute Gasteiger partial charge is 0.342 e. The number of hydrogen-bond donors (Lipinski definition) is 3. The molecule has 0 heterocycles. The first-order chi connectivity index (χ1) is 5.73. The summed E-state index contributed by atoms with van der Waals surface area (Å²) >= 11 is 0. The van der Waals surface area contributed by atoms with E-state index >= 15 is 0 Å². The van der Waals surface area contributed by atoms with Gasteiger partial charge in [0.1, 0.15) is 5.78 Å². The Balaban J connectivity index is 4.00. The van der Waals surface area contributed by atoms with Crippen molar-refractivity contribution < 1.29 is 19.1 Å². The Labute approximate surface area is 77.7 Å². The normalized spacial score (nSPS) is 14.3. The highest BCUT2D eigenvalue weighted by Gasteiger charge is 2.25. The molecule has 3 N–H and O–H groups in total. The van der Waals surface area contributed by atoms with E-state index in [1.54, 1.807) is 0 Å². The molecule has 78 valence electrons. The highest BCUT2D eigenvalue weighted by atomic mass is 31.2. The number of amides is 1. The number of nitrogens with one attached hydrogen (secondary N) is 1. The molecular formula is C7H16NO4P. The van der Waals surface area contributed by atoms with E-state index in [4.69, 9.17) is 9.79 Å². The maximum absolute atomic E-state index is 11.1. The predicted molar refractivity (Wildman–Crippen MR) is 49.1 cm³/mol. The molecule has 0 aliphatic rings. The van der Waals surface area contributed by atoms with Crippen molar-refractivity contribution in [2.24, 2.45) is 5.92 Å². The van der Waals surface area contributed by atoms with Gasteiger partial charge in [0.15, 0.2) is 0 Å². The molecule has 0 aliphatic heterocycles. The van der Waals surface area contributed by atoms with E-state index in [1.807, 2.05) is 13.8 Å². The van der Waals surface area contributed by atoms with Crippen molar-refractivity contribution in [2.75, 3.05) is 0 Å². The first-order valence-corrected chi connectivity index (χ1v) is 5.76. The van der Waals surface area contributed by atoms with Crippen molar-refractivity contribution in [3.05, 3.63) is 0 Å². The van der Waals surface area contributed by atoms with Crippen LogP contribution in [-0.4, -0.2) is 21.5 Å². The summed E-state index contributed by atoms with van der Waals surface area (Å²) in [6, 6.07) is 0. The number of carbonyl (C=O) groups is 1. The van der Waals surface area contributed by atoms with Gasteiger partial charge in [-0.15, -0.1) is 0 Å². The fourth-order valence-electron chi connectivity index (χ4n) is 0.747. The highest BCUT2D eigenvalue weighted by molar-refractivity contribution is 7.52. The standard InChI is InChI=1S/C7H16NO4P/c1-5(2)4-7(9)8-6(3)13(10,11)12/h5-6H,4H2,1-3H3,(H,8,9)(H2,10,11,12). The molecule has 0 fully saturated rings. The van der Waals surface area contributed by atoms with Gasteiger partial charge in [0.2, 0.25) is 5.91 Å². The third-order valence-electron chi connectivity index (χ3n) is 1.47. The summed E-state index contributed by atoms with van der Waals surface area (Å²) in [5, 5.41) is 2.25. The molecule has 1 unspecified atom stereocenters. The summed E-state index contributed by atoms with van der Waals surface area (Å²) in [7, 11) is -4.19. The van der Waals surface area contributed by atoms with E-state index in [0.29, 0.717) is 0 Å². The van der Waals surface area contributed by atoms with Crippen molar-refractivity contribution in [3.63, 3.8) is 0 Å². The van der Waals surface area contributed by atoms with Gasteiger partial charge in [-0.2, -0.15) is 0 Å². The molecule has 0 aromatic rings. The third kappa shape index (κ3) is 5.80. The molecular weight excluding hydrogens is 193 g/mol. The first-order valence-electron chi connectivity index (χ1n) is 4.08. The molecule has 0 rings (SSSR count). The van der Waals surface area contributed by atoms with E-state index in [2.05, 4.69) is 5.32 Å². The van der Waals surface area contributed by atoms with Crippen LogP contribution in [-0.2, 0) is 9.36 Å². The molecule has 0 radical (unpaired) electrons. The summed E-state index contributed by atoms with van der Waals surface area (Å²) in [4.78, 5) is 28.4. The van der Waals surface area contributed by atoms with Crippen LogP contribution in [0.15, 0.2) is 0 Å². The molecule has 0 aromatic carbocycles. The van der Waals surface area contributed by atoms with Crippen LogP contribution >= 0.6 is 7.60 Å². The summed E-state index contributed by atoms with van der Waals surface area (Å²) in [6.07, 6.45) is 0.282. The lowest BCUT2D eigenvalue weighted by atomic mass is 10.1. The Kier molecular flexibility index (Phi) is 4.61. The van der Waals surface area contributed by atoms with Gasteiger partial charge in [-0.1, -0.05) is 13.8 Å². The fourth-order valence-corrected chi connectivity index (χ4v) is 1.06. The second-order valence-corrected chi connectivity index (χ2v) is 5.38. The van der Waals surface area contributed by atoms with Crippen LogP contribution in [0.25, 0.3) is 0 Å². The van der Waals surface area contributed by atoms with Gasteiger partial charge < -0.3 is 15.1 Å². The van der Waals surface area contributed by atoms with E-state index in [0.717, 1.165) is 0 Å². The lowest BCUT2D eigenvalue weighted by Crippen LogP contribution is -2.32. The van der Waals surface area contributed by atoms with E-state index in [1.165, 1.54) is 6.92 Å². The van der Waals surface area contributed by atoms with Crippen molar-refractivity contribution in [1.82, 2.24) is 5.32 Å². The lowest BCUT2D eigenvalue weighted by Gasteiger charge is -2.15. The molecule has 1 atom stereocenters. The Morgan fingerprint density at radius 2 is 1.85 bits per heavy atom. The number of carbonyl (C=O) groups excluding carboxylic acids is 1. The molecule has 13 heavy (non-hydrogen) atoms. The van der Waals surface area contributed by atoms with Crippen molar-refractivity contribution in [2.45, 2.75) is 33.0 Å². The topological polar surface area (TPSA) is 86.6 Å². The zero-order valence-corrected chi connectivity index (χ0v) is 8.91. The van der Waals surface area contributed by atoms with Crippen molar-refractivity contribution in [1.29, 1.82) is 0 Å². The predicted octanol–water partition coefficient (Wildman–Crippen LogP) is 0.672. The number of hydrogen-bond acceptors (Lipinski definition) is 2. The molecule has 0 saturated heterocycles. The van der Waals surface area contributed by atoms with E-state index in [9.17, 15) is 9.36 Å². The quantitative estimate of drug-likeness (QED) is 0.594. The summed E-state index contributed by atoms with van der Waals surface area (Å²) < 4.78 is 10.6. The maximum Gasteiger partial charge on any atom is 0.347 e. The summed E-state index contributed by atoms with van der Waals surface area (Å²) in [6.45, 7) is 5.02. The molecule has 1 amide bonds. The monoisotopic (exact) mass is 209 g/mol. The third-order valence-corrected chi connectivity index (χ3v) is 2.61. The van der Waals surface area contributed by atoms with E-state index in [-0.39, 0.29) is 18.2 Å². The highest BCUT2D eigenvalue weighted by Crippen LogP contribution is 2.39. The van der Waals surface area contributed by atoms with Gasteiger partial charge in [0.25, 0.3) is 0 Å². The van der Waals surface area contributed by atoms with E-state index < -0.39 is 13.4 Å². The Hall–Kier alpha value is -0.380. The molecule has 0 aromatic heterocycles. The summed E-state index contributed by atoms with van der Waals surface area (Å²) in [5.74, 6) is -1.24. The zero-order valence-electron chi connectivity index (χ0n) is 8.02. The molecule has 6 heteroatoms. The minimum Gasteiger partial charge on any atom is -0.342 e. The molecule has 0 bridgehead atoms. The van der Waals surface area contributed by atoms with Gasteiger partial charge in [-0.05, 0) is 12.8 Å². The summed E-state index contributed by atoms with van der Waals surface area (Å²) in [5.41, 5.74) is 0. The Morgan fingerprint density at radius 1 is 1.38 bits per heavy atom. The zero-order chi connectivity index (χ0) is 10.6. The van der Waals surface area contributed by atoms with Crippen molar-refractivity contribution >= 4 is 13.5 Å². The van der Waals surface area contributed by atoms with Crippen LogP contribution < -0.4 is 5.32 Å². The largest absolute Gasteiger partial charge is 0.347 e. The van der Waals surface area contributed by atoms with Gasteiger partial charge in [0.05, 0.1) is 0 Å². The minimum absolute atomic E-state index is 0.184. The van der Waals surface area contributed by atoms with Gasteiger partial charge in [-0.3, -0.25) is 9.36 Å². The molecule has 0 aliphatic carbocycles. The fraction of sp³-hybridized carbons (Fsp3) is 0.857. The Morgan fingerprint density at radius 3 is 2.15 bits per heavy atom. The second kappa shape index (κ2) is 4.74. The van der Waals surface area contributed by atoms with Gasteiger partial charge >= 0.3 is 7.60 Å². The van der Waals surface area contributed by atoms with Crippen molar-refractivity contribution in [3.8, 4) is 0 Å². The van der Waals surface area contributed by atoms with Crippen LogP contribution in [0.3, 0.4) is 0 Å². The first kappa shape index (κ1) is 12.6. The van der Waals surface area contributed by atoms with Crippen LogP contribution in [0.4, 0.5) is 0 Å². The average Bonchev–Trinajstić information content (AvgIpc) is 1.82. The van der Waals surface area contributed by atoms with Gasteiger partial charge in [-0.25, -0.2) is 0 Å². The van der Waals surface area contributed by atoms with Gasteiger partial charge in [0, 0.05) is 6.42 Å². The number of rotatable bonds is 4. The molecule has 0 spiro atoms.